The number of benzene rings is 2. The highest BCUT2D eigenvalue weighted by atomic mass is 16.3. The van der Waals surface area contributed by atoms with Gasteiger partial charge in [-0.15, -0.1) is 0 Å². The van der Waals surface area contributed by atoms with Crippen LogP contribution in [0.4, 0.5) is 11.4 Å². The number of aromatic hydroxyl groups is 1. The van der Waals surface area contributed by atoms with Gasteiger partial charge in [-0.05, 0) is 48.4 Å². The van der Waals surface area contributed by atoms with E-state index in [1.807, 2.05) is 31.3 Å². The van der Waals surface area contributed by atoms with Crippen molar-refractivity contribution >= 4 is 11.4 Å². The zero-order valence-electron chi connectivity index (χ0n) is 10.5. The second kappa shape index (κ2) is 5.45. The summed E-state index contributed by atoms with van der Waals surface area (Å²) in [6.07, 6.45) is 0.970. The van der Waals surface area contributed by atoms with E-state index >= 15 is 0 Å². The van der Waals surface area contributed by atoms with Crippen LogP contribution in [0.3, 0.4) is 0 Å². The highest BCUT2D eigenvalue weighted by Gasteiger charge is 2.01. The molecule has 3 nitrogen and oxygen atoms in total. The van der Waals surface area contributed by atoms with Gasteiger partial charge in [0.2, 0.25) is 0 Å². The van der Waals surface area contributed by atoms with Gasteiger partial charge < -0.3 is 15.7 Å². The second-order valence-corrected chi connectivity index (χ2v) is 4.43. The molecule has 0 aliphatic heterocycles. The fraction of sp³-hybridized carbons (Fsp3) is 0.200. The Kier molecular flexibility index (Phi) is 3.72. The number of phenolic OH excluding ortho intramolecular Hbond substituents is 1. The maximum atomic E-state index is 9.24. The normalized spacial score (nSPS) is 10.3. The Balaban J connectivity index is 1.93. The Morgan fingerprint density at radius 2 is 1.61 bits per heavy atom. The van der Waals surface area contributed by atoms with Crippen molar-refractivity contribution in [3.05, 3.63) is 54.1 Å². The van der Waals surface area contributed by atoms with Gasteiger partial charge in [-0.1, -0.05) is 12.1 Å². The van der Waals surface area contributed by atoms with E-state index in [9.17, 15) is 5.11 Å². The van der Waals surface area contributed by atoms with Crippen LogP contribution in [0.5, 0.6) is 5.75 Å². The molecule has 2 rings (SSSR count). The summed E-state index contributed by atoms with van der Waals surface area (Å²) in [7, 11) is 2.05. The molecule has 3 N–H and O–H groups in total. The van der Waals surface area contributed by atoms with E-state index in [1.165, 1.54) is 5.56 Å². The maximum Gasteiger partial charge on any atom is 0.115 e. The van der Waals surface area contributed by atoms with Crippen molar-refractivity contribution in [3.63, 3.8) is 0 Å². The molecule has 3 heteroatoms. The van der Waals surface area contributed by atoms with Gasteiger partial charge in [0.15, 0.2) is 0 Å². The molecule has 0 radical (unpaired) electrons. The quantitative estimate of drug-likeness (QED) is 0.810. The summed E-state index contributed by atoms with van der Waals surface area (Å²) in [6, 6.07) is 15.2. The summed E-state index contributed by atoms with van der Waals surface area (Å²) in [5.74, 6) is 0.297. The molecule has 0 saturated heterocycles. The summed E-state index contributed by atoms with van der Waals surface area (Å²) >= 11 is 0. The van der Waals surface area contributed by atoms with E-state index < -0.39 is 0 Å². The van der Waals surface area contributed by atoms with Crippen LogP contribution < -0.4 is 10.6 Å². The minimum absolute atomic E-state index is 0.297. The average Bonchev–Trinajstić information content (AvgIpc) is 2.38. The predicted octanol–water partition coefficient (Wildman–Crippen LogP) is 2.65. The van der Waals surface area contributed by atoms with Gasteiger partial charge in [0.1, 0.15) is 5.75 Å². The first-order valence-corrected chi connectivity index (χ1v) is 6.00. The van der Waals surface area contributed by atoms with Crippen LogP contribution >= 0.6 is 0 Å². The van der Waals surface area contributed by atoms with Crippen LogP contribution in [0, 0.1) is 0 Å². The summed E-state index contributed by atoms with van der Waals surface area (Å²) < 4.78 is 0. The van der Waals surface area contributed by atoms with Crippen molar-refractivity contribution in [2.75, 3.05) is 24.2 Å². The molecule has 0 fully saturated rings. The lowest BCUT2D eigenvalue weighted by molar-refractivity contribution is 0.475. The first-order chi connectivity index (χ1) is 8.65. The topological polar surface area (TPSA) is 49.5 Å². The molecule has 0 unspecified atom stereocenters. The Morgan fingerprint density at radius 1 is 1.00 bits per heavy atom. The van der Waals surface area contributed by atoms with Crippen LogP contribution in [-0.4, -0.2) is 18.7 Å². The number of rotatable bonds is 4. The zero-order valence-corrected chi connectivity index (χ0v) is 10.5. The van der Waals surface area contributed by atoms with Crippen molar-refractivity contribution in [1.29, 1.82) is 0 Å². The van der Waals surface area contributed by atoms with Gasteiger partial charge >= 0.3 is 0 Å². The monoisotopic (exact) mass is 242 g/mol. The molecule has 0 saturated carbocycles. The van der Waals surface area contributed by atoms with Gasteiger partial charge in [-0.3, -0.25) is 0 Å². The predicted molar refractivity (Wildman–Crippen MR) is 75.9 cm³/mol. The third kappa shape index (κ3) is 3.17. The van der Waals surface area contributed by atoms with Gasteiger partial charge in [0.25, 0.3) is 0 Å². The fourth-order valence-corrected chi connectivity index (χ4v) is 1.82. The molecule has 0 atom stereocenters. The molecule has 0 amide bonds. The van der Waals surface area contributed by atoms with Crippen molar-refractivity contribution in [1.82, 2.24) is 0 Å². The number of hydrogen-bond donors (Lipinski definition) is 2. The molecule has 0 bridgehead atoms. The number of nitrogens with zero attached hydrogens (tertiary/aromatic N) is 1. The van der Waals surface area contributed by atoms with Crippen LogP contribution in [-0.2, 0) is 6.42 Å². The molecule has 0 aromatic heterocycles. The number of anilines is 2. The average molecular weight is 242 g/mol. The highest BCUT2D eigenvalue weighted by molar-refractivity contribution is 5.48. The van der Waals surface area contributed by atoms with Crippen LogP contribution in [0.2, 0.25) is 0 Å². The molecule has 94 valence electrons. The molecule has 2 aromatic rings. The van der Waals surface area contributed by atoms with E-state index in [4.69, 9.17) is 5.73 Å². The van der Waals surface area contributed by atoms with Gasteiger partial charge in [-0.25, -0.2) is 0 Å². The fourth-order valence-electron chi connectivity index (χ4n) is 1.82. The van der Waals surface area contributed by atoms with Crippen molar-refractivity contribution < 1.29 is 5.11 Å². The molecule has 0 aliphatic rings. The van der Waals surface area contributed by atoms with Crippen LogP contribution in [0.1, 0.15) is 5.56 Å². The Morgan fingerprint density at radius 3 is 2.22 bits per heavy atom. The minimum atomic E-state index is 0.297. The molecule has 0 spiro atoms. The van der Waals surface area contributed by atoms with Gasteiger partial charge in [-0.2, -0.15) is 0 Å². The minimum Gasteiger partial charge on any atom is -0.508 e. The summed E-state index contributed by atoms with van der Waals surface area (Å²) in [5, 5.41) is 9.24. The third-order valence-electron chi connectivity index (χ3n) is 3.01. The van der Waals surface area contributed by atoms with Gasteiger partial charge in [0, 0.05) is 25.0 Å². The number of hydrogen-bond acceptors (Lipinski definition) is 3. The van der Waals surface area contributed by atoms with E-state index in [2.05, 4.69) is 17.0 Å². The van der Waals surface area contributed by atoms with Gasteiger partial charge in [0.05, 0.1) is 0 Å². The zero-order chi connectivity index (χ0) is 13.0. The molecular weight excluding hydrogens is 224 g/mol. The highest BCUT2D eigenvalue weighted by Crippen LogP contribution is 2.17. The SMILES string of the molecule is CN(CCc1ccc(N)cc1)c1ccc(O)cc1. The summed E-state index contributed by atoms with van der Waals surface area (Å²) in [6.45, 7) is 0.925. The molecule has 0 aliphatic carbocycles. The van der Waals surface area contributed by atoms with E-state index in [0.29, 0.717) is 5.75 Å². The standard InChI is InChI=1S/C15H18N2O/c1-17(14-6-8-15(18)9-7-14)11-10-12-2-4-13(16)5-3-12/h2-9,18H,10-11,16H2,1H3. The largest absolute Gasteiger partial charge is 0.508 e. The van der Waals surface area contributed by atoms with Crippen molar-refractivity contribution in [3.8, 4) is 5.75 Å². The first kappa shape index (κ1) is 12.3. The van der Waals surface area contributed by atoms with E-state index in [0.717, 1.165) is 24.3 Å². The maximum absolute atomic E-state index is 9.24. The lowest BCUT2D eigenvalue weighted by Crippen LogP contribution is -2.20. The molecule has 0 heterocycles. The summed E-state index contributed by atoms with van der Waals surface area (Å²) in [4.78, 5) is 2.16. The number of likely N-dealkylation sites (N-methyl/N-ethyl adjacent to an activating group) is 1. The lowest BCUT2D eigenvalue weighted by atomic mass is 10.1. The molecule has 2 aromatic carbocycles. The van der Waals surface area contributed by atoms with E-state index in [1.54, 1.807) is 12.1 Å². The van der Waals surface area contributed by atoms with Crippen LogP contribution in [0.25, 0.3) is 0 Å². The molecular formula is C15H18N2O. The second-order valence-electron chi connectivity index (χ2n) is 4.43. The Bertz CT molecular complexity index is 491. The summed E-state index contributed by atoms with van der Waals surface area (Å²) in [5.41, 5.74) is 8.82. The van der Waals surface area contributed by atoms with Crippen LogP contribution in [0.15, 0.2) is 48.5 Å². The van der Waals surface area contributed by atoms with Crippen molar-refractivity contribution in [2.45, 2.75) is 6.42 Å². The van der Waals surface area contributed by atoms with Crippen molar-refractivity contribution in [2.24, 2.45) is 0 Å². The third-order valence-corrected chi connectivity index (χ3v) is 3.01. The Hall–Kier alpha value is -2.16. The smallest absolute Gasteiger partial charge is 0.115 e. The number of phenols is 1. The number of nitrogen functional groups attached to an aromatic ring is 1. The first-order valence-electron chi connectivity index (χ1n) is 6.00. The van der Waals surface area contributed by atoms with E-state index in [-0.39, 0.29) is 0 Å². The Labute approximate surface area is 107 Å². The lowest BCUT2D eigenvalue weighted by Gasteiger charge is -2.19. The molecule has 18 heavy (non-hydrogen) atoms. The number of nitrogens with two attached hydrogens (primary N) is 1.